The molecule has 1 aliphatic rings. The van der Waals surface area contributed by atoms with E-state index < -0.39 is 5.41 Å². The smallest absolute Gasteiger partial charge is 0.239 e. The van der Waals surface area contributed by atoms with Gasteiger partial charge in [0.25, 0.3) is 0 Å². The minimum Gasteiger partial charge on any atom is -0.380 e. The first-order valence-corrected chi connectivity index (χ1v) is 5.86. The Hall–Kier alpha value is -1.10. The highest BCUT2D eigenvalue weighted by Crippen LogP contribution is 2.24. The van der Waals surface area contributed by atoms with Crippen LogP contribution in [0.1, 0.15) is 27.7 Å². The predicted molar refractivity (Wildman–Crippen MR) is 64.4 cm³/mol. The summed E-state index contributed by atoms with van der Waals surface area (Å²) in [5, 5.41) is 5.41. The van der Waals surface area contributed by atoms with Gasteiger partial charge in [0.2, 0.25) is 11.8 Å². The van der Waals surface area contributed by atoms with E-state index in [1.54, 1.807) is 0 Å². The molecule has 0 radical (unpaired) electrons. The van der Waals surface area contributed by atoms with Crippen molar-refractivity contribution in [2.24, 2.45) is 10.8 Å². The summed E-state index contributed by atoms with van der Waals surface area (Å²) < 4.78 is 5.09. The van der Waals surface area contributed by atoms with Gasteiger partial charge in [-0.05, 0) is 0 Å². The lowest BCUT2D eigenvalue weighted by Crippen LogP contribution is -2.50. The molecule has 17 heavy (non-hydrogen) atoms. The molecule has 98 valence electrons. The summed E-state index contributed by atoms with van der Waals surface area (Å²) in [4.78, 5) is 23.0. The molecular formula is C12H22N2O3. The highest BCUT2D eigenvalue weighted by Gasteiger charge is 2.33. The van der Waals surface area contributed by atoms with E-state index in [4.69, 9.17) is 4.74 Å². The van der Waals surface area contributed by atoms with E-state index in [1.807, 2.05) is 20.8 Å². The molecule has 1 saturated heterocycles. The summed E-state index contributed by atoms with van der Waals surface area (Å²) in [6, 6.07) is 0. The van der Waals surface area contributed by atoms with Crippen LogP contribution in [0.5, 0.6) is 0 Å². The maximum Gasteiger partial charge on any atom is 0.239 e. The molecule has 1 aliphatic heterocycles. The minimum atomic E-state index is -0.464. The zero-order valence-electron chi connectivity index (χ0n) is 11.1. The third kappa shape index (κ3) is 4.34. The molecule has 5 heteroatoms. The molecule has 1 rings (SSSR count). The summed E-state index contributed by atoms with van der Waals surface area (Å²) in [7, 11) is 0. The average Bonchev–Trinajstić information content (AvgIpc) is 2.18. The topological polar surface area (TPSA) is 67.4 Å². The fourth-order valence-corrected chi connectivity index (χ4v) is 1.35. The number of ether oxygens (including phenoxy) is 1. The Bertz CT molecular complexity index is 303. The lowest BCUT2D eigenvalue weighted by molar-refractivity contribution is -0.132. The molecule has 0 bridgehead atoms. The van der Waals surface area contributed by atoms with Crippen molar-refractivity contribution >= 4 is 11.8 Å². The SMILES string of the molecule is CC1(CNC(=O)CNC(=O)C(C)(C)C)COC1. The molecule has 0 spiro atoms. The fraction of sp³-hybridized carbons (Fsp3) is 0.833. The van der Waals surface area contributed by atoms with Crippen LogP contribution in [0.2, 0.25) is 0 Å². The number of rotatable bonds is 4. The van der Waals surface area contributed by atoms with E-state index >= 15 is 0 Å². The van der Waals surface area contributed by atoms with Gasteiger partial charge in [0.05, 0.1) is 19.8 Å². The number of amides is 2. The van der Waals surface area contributed by atoms with Crippen LogP contribution in [-0.2, 0) is 14.3 Å². The van der Waals surface area contributed by atoms with Gasteiger partial charge in [0.15, 0.2) is 0 Å². The Morgan fingerprint density at radius 1 is 1.24 bits per heavy atom. The number of hydrogen-bond donors (Lipinski definition) is 2. The van der Waals surface area contributed by atoms with Gasteiger partial charge in [-0.3, -0.25) is 9.59 Å². The summed E-state index contributed by atoms with van der Waals surface area (Å²) >= 11 is 0. The molecule has 0 aromatic rings. The molecule has 2 N–H and O–H groups in total. The van der Waals surface area contributed by atoms with Gasteiger partial charge in [-0.1, -0.05) is 27.7 Å². The third-order valence-corrected chi connectivity index (χ3v) is 2.70. The summed E-state index contributed by atoms with van der Waals surface area (Å²) in [5.74, 6) is -0.276. The highest BCUT2D eigenvalue weighted by molar-refractivity contribution is 5.87. The van der Waals surface area contributed by atoms with Crippen LogP contribution >= 0.6 is 0 Å². The normalized spacial score (nSPS) is 18.1. The number of hydrogen-bond acceptors (Lipinski definition) is 3. The second-order valence-electron chi connectivity index (χ2n) is 6.01. The Kier molecular flexibility index (Phi) is 4.14. The largest absolute Gasteiger partial charge is 0.380 e. The quantitative estimate of drug-likeness (QED) is 0.745. The molecule has 0 atom stereocenters. The minimum absolute atomic E-state index is 0.0348. The van der Waals surface area contributed by atoms with Crippen molar-refractivity contribution in [1.82, 2.24) is 10.6 Å². The second-order valence-corrected chi connectivity index (χ2v) is 6.01. The van der Waals surface area contributed by atoms with E-state index in [0.717, 1.165) is 0 Å². The molecule has 5 nitrogen and oxygen atoms in total. The van der Waals surface area contributed by atoms with Crippen LogP contribution in [0, 0.1) is 10.8 Å². The van der Waals surface area contributed by atoms with Gasteiger partial charge in [0, 0.05) is 17.4 Å². The van der Waals surface area contributed by atoms with Crippen LogP contribution in [0.4, 0.5) is 0 Å². The van der Waals surface area contributed by atoms with E-state index in [9.17, 15) is 9.59 Å². The number of carbonyl (C=O) groups excluding carboxylic acids is 2. The Morgan fingerprint density at radius 2 is 1.82 bits per heavy atom. The van der Waals surface area contributed by atoms with Crippen LogP contribution in [0.15, 0.2) is 0 Å². The lowest BCUT2D eigenvalue weighted by Gasteiger charge is -2.38. The van der Waals surface area contributed by atoms with Gasteiger partial charge >= 0.3 is 0 Å². The van der Waals surface area contributed by atoms with Gasteiger partial charge < -0.3 is 15.4 Å². The van der Waals surface area contributed by atoms with E-state index in [0.29, 0.717) is 19.8 Å². The van der Waals surface area contributed by atoms with Crippen LogP contribution in [0.3, 0.4) is 0 Å². The number of carbonyl (C=O) groups is 2. The highest BCUT2D eigenvalue weighted by atomic mass is 16.5. The van der Waals surface area contributed by atoms with Crippen LogP contribution in [0.25, 0.3) is 0 Å². The average molecular weight is 242 g/mol. The Balaban J connectivity index is 2.19. The lowest BCUT2D eigenvalue weighted by atomic mass is 9.89. The molecular weight excluding hydrogens is 220 g/mol. The van der Waals surface area contributed by atoms with Gasteiger partial charge in [-0.2, -0.15) is 0 Å². The molecule has 1 fully saturated rings. The van der Waals surface area contributed by atoms with Gasteiger partial charge in [0.1, 0.15) is 0 Å². The van der Waals surface area contributed by atoms with E-state index in [-0.39, 0.29) is 23.8 Å². The maximum atomic E-state index is 11.5. The van der Waals surface area contributed by atoms with Gasteiger partial charge in [-0.15, -0.1) is 0 Å². The molecule has 0 aliphatic carbocycles. The van der Waals surface area contributed by atoms with Crippen molar-refractivity contribution in [2.75, 3.05) is 26.3 Å². The van der Waals surface area contributed by atoms with Crippen molar-refractivity contribution in [2.45, 2.75) is 27.7 Å². The summed E-state index contributed by atoms with van der Waals surface area (Å²) in [6.45, 7) is 9.49. The fourth-order valence-electron chi connectivity index (χ4n) is 1.35. The zero-order valence-corrected chi connectivity index (χ0v) is 11.1. The first kappa shape index (κ1) is 14.0. The summed E-state index contributed by atoms with van der Waals surface area (Å²) in [6.07, 6.45) is 0. The monoisotopic (exact) mass is 242 g/mol. The first-order chi connectivity index (χ1) is 7.73. The first-order valence-electron chi connectivity index (χ1n) is 5.86. The molecule has 2 amide bonds. The molecule has 1 heterocycles. The van der Waals surface area contributed by atoms with Crippen molar-refractivity contribution < 1.29 is 14.3 Å². The van der Waals surface area contributed by atoms with Crippen molar-refractivity contribution in [3.63, 3.8) is 0 Å². The van der Waals surface area contributed by atoms with Gasteiger partial charge in [-0.25, -0.2) is 0 Å². The standard InChI is InChI=1S/C12H22N2O3/c1-11(2,3)10(16)13-5-9(15)14-6-12(4)7-17-8-12/h5-8H2,1-4H3,(H,13,16)(H,14,15). The molecule has 0 aromatic carbocycles. The number of nitrogens with one attached hydrogen (secondary N) is 2. The van der Waals surface area contributed by atoms with E-state index in [2.05, 4.69) is 17.6 Å². The van der Waals surface area contributed by atoms with Crippen molar-refractivity contribution in [3.05, 3.63) is 0 Å². The summed E-state index contributed by atoms with van der Waals surface area (Å²) in [5.41, 5.74) is -0.405. The Labute approximate surface area is 102 Å². The molecule has 0 unspecified atom stereocenters. The van der Waals surface area contributed by atoms with Crippen molar-refractivity contribution in [3.8, 4) is 0 Å². The second kappa shape index (κ2) is 5.04. The van der Waals surface area contributed by atoms with Crippen LogP contribution < -0.4 is 10.6 Å². The van der Waals surface area contributed by atoms with Crippen LogP contribution in [-0.4, -0.2) is 38.1 Å². The molecule has 0 aromatic heterocycles. The van der Waals surface area contributed by atoms with Crippen molar-refractivity contribution in [1.29, 1.82) is 0 Å². The predicted octanol–water partition coefficient (Wildman–Crippen LogP) is 0.301. The maximum absolute atomic E-state index is 11.5. The molecule has 0 saturated carbocycles. The van der Waals surface area contributed by atoms with E-state index in [1.165, 1.54) is 0 Å². The zero-order chi connectivity index (χ0) is 13.1. The third-order valence-electron chi connectivity index (χ3n) is 2.70. The Morgan fingerprint density at radius 3 is 2.24 bits per heavy atom.